The minimum Gasteiger partial charge on any atom is -0.258 e. The summed E-state index contributed by atoms with van der Waals surface area (Å²) in [6.45, 7) is 0.345. The van der Waals surface area contributed by atoms with E-state index < -0.39 is 4.92 Å². The lowest BCUT2D eigenvalue weighted by molar-refractivity contribution is -0.385. The van der Waals surface area contributed by atoms with Gasteiger partial charge in [0.15, 0.2) is 0 Å². The van der Waals surface area contributed by atoms with Gasteiger partial charge in [-0.05, 0) is 24.1 Å². The average molecular weight is 297 g/mol. The number of benzene rings is 1. The first kappa shape index (κ1) is 13.2. The van der Waals surface area contributed by atoms with Crippen LogP contribution in [0, 0.1) is 10.1 Å². The average Bonchev–Trinajstić information content (AvgIpc) is 2.30. The van der Waals surface area contributed by atoms with Crippen LogP contribution in [0.15, 0.2) is 33.9 Å². The molecule has 0 amide bonds. The van der Waals surface area contributed by atoms with Gasteiger partial charge < -0.3 is 0 Å². The Kier molecular flexibility index (Phi) is 5.19. The topological polar surface area (TPSA) is 91.9 Å². The van der Waals surface area contributed by atoms with Crippen LogP contribution in [0.4, 0.5) is 5.69 Å². The van der Waals surface area contributed by atoms with Crippen molar-refractivity contribution in [3.05, 3.63) is 54.9 Å². The molecule has 0 aromatic heterocycles. The molecule has 0 saturated carbocycles. The monoisotopic (exact) mass is 296 g/mol. The van der Waals surface area contributed by atoms with Crippen LogP contribution in [-0.4, -0.2) is 11.5 Å². The van der Waals surface area contributed by atoms with Gasteiger partial charge in [-0.25, -0.2) is 0 Å². The van der Waals surface area contributed by atoms with Crippen molar-refractivity contribution in [2.45, 2.75) is 6.42 Å². The number of hydrogen-bond donors (Lipinski definition) is 0. The number of nitro benzene ring substituents is 1. The predicted molar refractivity (Wildman–Crippen MR) is 68.5 cm³/mol. The summed E-state index contributed by atoms with van der Waals surface area (Å²) in [6.07, 6.45) is 3.94. The minimum atomic E-state index is -0.433. The molecule has 0 spiro atoms. The third-order valence-corrected chi connectivity index (χ3v) is 2.44. The molecule has 1 aromatic rings. The van der Waals surface area contributed by atoms with Gasteiger partial charge in [-0.3, -0.25) is 10.1 Å². The third-order valence-electron chi connectivity index (χ3n) is 1.95. The number of azide groups is 1. The van der Waals surface area contributed by atoms with E-state index >= 15 is 0 Å². The highest BCUT2D eigenvalue weighted by atomic mass is 79.9. The highest BCUT2D eigenvalue weighted by Gasteiger charge is 2.11. The van der Waals surface area contributed by atoms with Crippen molar-refractivity contribution < 1.29 is 4.92 Å². The molecule has 0 aliphatic carbocycles. The zero-order valence-electron chi connectivity index (χ0n) is 8.78. The molecule has 0 radical (unpaired) electrons. The van der Waals surface area contributed by atoms with Gasteiger partial charge in [-0.2, -0.15) is 0 Å². The minimum absolute atomic E-state index is 0.0411. The van der Waals surface area contributed by atoms with Crippen molar-refractivity contribution in [3.8, 4) is 0 Å². The highest BCUT2D eigenvalue weighted by molar-refractivity contribution is 9.10. The molecule has 0 bridgehead atoms. The lowest BCUT2D eigenvalue weighted by atomic mass is 10.1. The largest absolute Gasteiger partial charge is 0.277 e. The van der Waals surface area contributed by atoms with Crippen LogP contribution in [0.1, 0.15) is 12.0 Å². The van der Waals surface area contributed by atoms with Crippen molar-refractivity contribution in [2.75, 3.05) is 6.54 Å². The van der Waals surface area contributed by atoms with Crippen LogP contribution >= 0.6 is 15.9 Å². The molecular formula is C10H9BrN4O2. The molecule has 1 aromatic carbocycles. The third kappa shape index (κ3) is 4.26. The van der Waals surface area contributed by atoms with Gasteiger partial charge >= 0.3 is 0 Å². The van der Waals surface area contributed by atoms with Crippen molar-refractivity contribution in [1.82, 2.24) is 0 Å². The highest BCUT2D eigenvalue weighted by Crippen LogP contribution is 2.24. The second-order valence-electron chi connectivity index (χ2n) is 3.11. The molecule has 6 nitrogen and oxygen atoms in total. The van der Waals surface area contributed by atoms with Crippen LogP contribution in [0.2, 0.25) is 0 Å². The Hall–Kier alpha value is -1.85. The fourth-order valence-electron chi connectivity index (χ4n) is 1.20. The van der Waals surface area contributed by atoms with Gasteiger partial charge in [-0.15, -0.1) is 0 Å². The number of rotatable bonds is 5. The van der Waals surface area contributed by atoms with E-state index in [9.17, 15) is 10.1 Å². The van der Waals surface area contributed by atoms with Crippen LogP contribution in [-0.2, 0) is 0 Å². The Morgan fingerprint density at radius 2 is 2.35 bits per heavy atom. The first-order valence-corrected chi connectivity index (χ1v) is 5.56. The normalized spacial score (nSPS) is 10.2. The van der Waals surface area contributed by atoms with E-state index in [-0.39, 0.29) is 5.69 Å². The number of hydrogen-bond acceptors (Lipinski definition) is 3. The van der Waals surface area contributed by atoms with E-state index in [1.165, 1.54) is 6.07 Å². The summed E-state index contributed by atoms with van der Waals surface area (Å²) in [5.74, 6) is 0. The quantitative estimate of drug-likeness (QED) is 0.204. The first-order valence-electron chi connectivity index (χ1n) is 4.76. The lowest BCUT2D eigenvalue weighted by Gasteiger charge is -1.98. The molecule has 88 valence electrons. The lowest BCUT2D eigenvalue weighted by Crippen LogP contribution is -1.91. The predicted octanol–water partition coefficient (Wildman–Crippen LogP) is 4.07. The Balaban J connectivity index is 2.83. The van der Waals surface area contributed by atoms with Crippen molar-refractivity contribution in [3.63, 3.8) is 0 Å². The van der Waals surface area contributed by atoms with E-state index in [2.05, 4.69) is 26.0 Å². The summed E-state index contributed by atoms with van der Waals surface area (Å²) in [4.78, 5) is 13.0. The first-order chi connectivity index (χ1) is 8.15. The second kappa shape index (κ2) is 6.67. The summed E-state index contributed by atoms with van der Waals surface area (Å²) in [6, 6.07) is 4.85. The summed E-state index contributed by atoms with van der Waals surface area (Å²) in [5.41, 5.74) is 8.64. The Morgan fingerprint density at radius 3 is 3.00 bits per heavy atom. The Morgan fingerprint density at radius 1 is 1.59 bits per heavy atom. The zero-order valence-corrected chi connectivity index (χ0v) is 10.4. The summed E-state index contributed by atoms with van der Waals surface area (Å²) in [5, 5.41) is 14.2. The van der Waals surface area contributed by atoms with Gasteiger partial charge in [0.05, 0.1) is 10.5 Å². The molecule has 7 heteroatoms. The van der Waals surface area contributed by atoms with E-state index in [0.717, 1.165) is 0 Å². The van der Waals surface area contributed by atoms with Gasteiger partial charge in [0.25, 0.3) is 5.69 Å². The molecule has 0 aliphatic rings. The Bertz CT molecular complexity index is 495. The summed E-state index contributed by atoms with van der Waals surface area (Å²) >= 11 is 3.18. The molecule has 0 atom stereocenters. The zero-order chi connectivity index (χ0) is 12.7. The van der Waals surface area contributed by atoms with Crippen molar-refractivity contribution in [1.29, 1.82) is 0 Å². The maximum Gasteiger partial charge on any atom is 0.277 e. The van der Waals surface area contributed by atoms with Gasteiger partial charge in [0.2, 0.25) is 0 Å². The second-order valence-corrected chi connectivity index (χ2v) is 4.02. The maximum atomic E-state index is 10.8. The molecule has 0 saturated heterocycles. The van der Waals surface area contributed by atoms with Crippen LogP contribution in [0.5, 0.6) is 0 Å². The fraction of sp³-hybridized carbons (Fsp3) is 0.200. The Labute approximate surface area is 106 Å². The number of nitro groups is 1. The number of nitrogens with zero attached hydrogens (tertiary/aromatic N) is 4. The SMILES string of the molecule is [N-]=[N+]=NCCC=Cc1ccc(Br)cc1[N+](=O)[O-]. The molecule has 1 rings (SSSR count). The molecule has 0 aliphatic heterocycles. The molecule has 0 unspecified atom stereocenters. The number of halogens is 1. The van der Waals surface area contributed by atoms with Crippen LogP contribution < -0.4 is 0 Å². The van der Waals surface area contributed by atoms with Crippen molar-refractivity contribution in [2.24, 2.45) is 5.11 Å². The standard InChI is InChI=1S/C10H9BrN4O2/c11-9-5-4-8(10(7-9)15(16)17)3-1-2-6-13-14-12/h1,3-5,7H,2,6H2. The summed E-state index contributed by atoms with van der Waals surface area (Å²) in [7, 11) is 0. The van der Waals surface area contributed by atoms with E-state index in [0.29, 0.717) is 23.0 Å². The van der Waals surface area contributed by atoms with E-state index in [1.807, 2.05) is 0 Å². The summed E-state index contributed by atoms with van der Waals surface area (Å²) < 4.78 is 0.662. The van der Waals surface area contributed by atoms with Gasteiger partial charge in [0.1, 0.15) is 0 Å². The van der Waals surface area contributed by atoms with Gasteiger partial charge in [-0.1, -0.05) is 33.2 Å². The fourth-order valence-corrected chi connectivity index (χ4v) is 1.55. The van der Waals surface area contributed by atoms with Crippen LogP contribution in [0.3, 0.4) is 0 Å². The molecule has 17 heavy (non-hydrogen) atoms. The molecular weight excluding hydrogens is 288 g/mol. The van der Waals surface area contributed by atoms with Crippen molar-refractivity contribution >= 4 is 27.7 Å². The van der Waals surface area contributed by atoms with E-state index in [1.54, 1.807) is 24.3 Å². The van der Waals surface area contributed by atoms with Gasteiger partial charge in [0, 0.05) is 22.0 Å². The molecule has 0 heterocycles. The maximum absolute atomic E-state index is 10.8. The smallest absolute Gasteiger partial charge is 0.258 e. The van der Waals surface area contributed by atoms with Crippen LogP contribution in [0.25, 0.3) is 16.5 Å². The molecule has 0 N–H and O–H groups in total. The van der Waals surface area contributed by atoms with E-state index in [4.69, 9.17) is 5.53 Å². The molecule has 0 fully saturated rings.